The zero-order valence-electron chi connectivity index (χ0n) is 11.0. The number of nitrogen functional groups attached to an aromatic ring is 1. The molecule has 20 heavy (non-hydrogen) atoms. The minimum Gasteiger partial charge on any atom is -0.496 e. The lowest BCUT2D eigenvalue weighted by molar-refractivity contribution is 0.410. The summed E-state index contributed by atoms with van der Waals surface area (Å²) in [6, 6.07) is 11.5. The highest BCUT2D eigenvalue weighted by molar-refractivity contribution is 5.52. The molecule has 5 heteroatoms. The van der Waals surface area contributed by atoms with Gasteiger partial charge in [-0.05, 0) is 36.4 Å². The second-order valence-corrected chi connectivity index (χ2v) is 4.23. The minimum atomic E-state index is -0.466. The van der Waals surface area contributed by atoms with E-state index >= 15 is 0 Å². The average molecular weight is 271 g/mol. The molecule has 0 bridgehead atoms. The Morgan fingerprint density at radius 1 is 1.30 bits per heavy atom. The van der Waals surface area contributed by atoms with Gasteiger partial charge in [-0.15, -0.1) is 0 Å². The van der Waals surface area contributed by atoms with Gasteiger partial charge in [-0.25, -0.2) is 4.39 Å². The molecule has 0 fully saturated rings. The third-order valence-electron chi connectivity index (χ3n) is 2.87. The second-order valence-electron chi connectivity index (χ2n) is 4.23. The Balaban J connectivity index is 2.17. The lowest BCUT2D eigenvalue weighted by atomic mass is 10.1. The maximum atomic E-state index is 13.7. The molecule has 0 heterocycles. The molecule has 4 nitrogen and oxygen atoms in total. The molecule has 2 aromatic carbocycles. The summed E-state index contributed by atoms with van der Waals surface area (Å²) in [6.45, 7) is 0.372. The van der Waals surface area contributed by atoms with E-state index in [2.05, 4.69) is 5.32 Å². The largest absolute Gasteiger partial charge is 0.496 e. The van der Waals surface area contributed by atoms with Gasteiger partial charge in [0.1, 0.15) is 11.6 Å². The van der Waals surface area contributed by atoms with E-state index in [1.165, 1.54) is 12.1 Å². The summed E-state index contributed by atoms with van der Waals surface area (Å²) in [6.07, 6.45) is 0. The van der Waals surface area contributed by atoms with E-state index < -0.39 is 5.82 Å². The maximum absolute atomic E-state index is 13.7. The van der Waals surface area contributed by atoms with E-state index in [9.17, 15) is 4.39 Å². The van der Waals surface area contributed by atoms with Crippen LogP contribution in [0.25, 0.3) is 0 Å². The molecule has 0 aromatic heterocycles. The van der Waals surface area contributed by atoms with Gasteiger partial charge in [0, 0.05) is 17.8 Å². The average Bonchev–Trinajstić information content (AvgIpc) is 2.46. The Kier molecular flexibility index (Phi) is 4.06. The van der Waals surface area contributed by atoms with E-state index in [0.717, 1.165) is 5.56 Å². The van der Waals surface area contributed by atoms with Gasteiger partial charge in [0.2, 0.25) is 0 Å². The zero-order valence-corrected chi connectivity index (χ0v) is 11.0. The number of nitrogens with one attached hydrogen (secondary N) is 1. The van der Waals surface area contributed by atoms with Gasteiger partial charge in [0.05, 0.1) is 24.4 Å². The molecule has 3 N–H and O–H groups in total. The molecule has 0 amide bonds. The molecule has 2 aromatic rings. The van der Waals surface area contributed by atoms with Crippen molar-refractivity contribution in [3.05, 3.63) is 53.3 Å². The number of halogens is 1. The third kappa shape index (κ3) is 2.98. The van der Waals surface area contributed by atoms with Crippen LogP contribution < -0.4 is 15.8 Å². The Labute approximate surface area is 116 Å². The van der Waals surface area contributed by atoms with Crippen LogP contribution in [0, 0.1) is 17.1 Å². The van der Waals surface area contributed by atoms with Gasteiger partial charge in [-0.3, -0.25) is 0 Å². The van der Waals surface area contributed by atoms with Gasteiger partial charge in [-0.1, -0.05) is 0 Å². The van der Waals surface area contributed by atoms with E-state index in [1.54, 1.807) is 31.4 Å². The first-order valence-electron chi connectivity index (χ1n) is 6.00. The normalized spacial score (nSPS) is 9.85. The van der Waals surface area contributed by atoms with Crippen molar-refractivity contribution in [2.24, 2.45) is 0 Å². The number of hydrogen-bond donors (Lipinski definition) is 2. The van der Waals surface area contributed by atoms with Crippen molar-refractivity contribution in [2.45, 2.75) is 6.54 Å². The summed E-state index contributed by atoms with van der Waals surface area (Å²) >= 11 is 0. The summed E-state index contributed by atoms with van der Waals surface area (Å²) in [7, 11) is 1.57. The molecule has 0 radical (unpaired) electrons. The van der Waals surface area contributed by atoms with E-state index in [0.29, 0.717) is 23.7 Å². The Bertz CT molecular complexity index is 665. The summed E-state index contributed by atoms with van der Waals surface area (Å²) in [4.78, 5) is 0. The Morgan fingerprint density at radius 2 is 2.10 bits per heavy atom. The number of rotatable bonds is 4. The number of ether oxygens (including phenoxy) is 1. The number of nitrogens with zero attached hydrogens (tertiary/aromatic N) is 1. The zero-order chi connectivity index (χ0) is 14.5. The van der Waals surface area contributed by atoms with E-state index in [4.69, 9.17) is 15.7 Å². The van der Waals surface area contributed by atoms with Crippen molar-refractivity contribution in [3.63, 3.8) is 0 Å². The molecule has 0 saturated carbocycles. The van der Waals surface area contributed by atoms with Crippen molar-refractivity contribution in [3.8, 4) is 11.8 Å². The number of anilines is 2. The Morgan fingerprint density at radius 3 is 2.75 bits per heavy atom. The quantitative estimate of drug-likeness (QED) is 0.839. The summed E-state index contributed by atoms with van der Waals surface area (Å²) in [5.41, 5.74) is 7.78. The summed E-state index contributed by atoms with van der Waals surface area (Å²) < 4.78 is 19.0. The van der Waals surface area contributed by atoms with Crippen molar-refractivity contribution in [1.29, 1.82) is 5.26 Å². The van der Waals surface area contributed by atoms with Crippen molar-refractivity contribution in [1.82, 2.24) is 0 Å². The predicted molar refractivity (Wildman–Crippen MR) is 75.8 cm³/mol. The van der Waals surface area contributed by atoms with Crippen LogP contribution in [-0.2, 0) is 6.54 Å². The van der Waals surface area contributed by atoms with Crippen molar-refractivity contribution in [2.75, 3.05) is 18.2 Å². The molecule has 102 valence electrons. The number of hydrogen-bond acceptors (Lipinski definition) is 4. The van der Waals surface area contributed by atoms with E-state index in [1.807, 2.05) is 6.07 Å². The van der Waals surface area contributed by atoms with Crippen LogP contribution in [0.1, 0.15) is 11.1 Å². The van der Waals surface area contributed by atoms with Gasteiger partial charge in [0.15, 0.2) is 0 Å². The lowest BCUT2D eigenvalue weighted by Gasteiger charge is -2.12. The molecule has 0 atom stereocenters. The topological polar surface area (TPSA) is 71.1 Å². The van der Waals surface area contributed by atoms with Crippen molar-refractivity contribution >= 4 is 11.4 Å². The fraction of sp³-hybridized carbons (Fsp3) is 0.133. The van der Waals surface area contributed by atoms with Crippen LogP contribution in [-0.4, -0.2) is 7.11 Å². The highest BCUT2D eigenvalue weighted by Gasteiger charge is 2.06. The minimum absolute atomic E-state index is 0.287. The van der Waals surface area contributed by atoms with Crippen LogP contribution in [0.5, 0.6) is 5.75 Å². The van der Waals surface area contributed by atoms with Crippen molar-refractivity contribution < 1.29 is 9.13 Å². The van der Waals surface area contributed by atoms with Gasteiger partial charge in [0.25, 0.3) is 0 Å². The number of benzene rings is 2. The smallest absolute Gasteiger partial charge is 0.147 e. The van der Waals surface area contributed by atoms with Gasteiger partial charge in [-0.2, -0.15) is 5.26 Å². The molecule has 0 saturated heterocycles. The lowest BCUT2D eigenvalue weighted by Crippen LogP contribution is -2.04. The van der Waals surface area contributed by atoms with Crippen LogP contribution >= 0.6 is 0 Å². The molecular formula is C15H14FN3O. The standard InChI is InChI=1S/C15H14FN3O/c1-20-15-5-3-12(18)7-11(15)9-19-14-4-2-10(8-17)6-13(14)16/h2-7,19H,9,18H2,1H3. The number of nitriles is 1. The molecule has 0 unspecified atom stereocenters. The molecule has 0 spiro atoms. The third-order valence-corrected chi connectivity index (χ3v) is 2.87. The predicted octanol–water partition coefficient (Wildman–Crippen LogP) is 2.90. The van der Waals surface area contributed by atoms with Crippen LogP contribution in [0.2, 0.25) is 0 Å². The SMILES string of the molecule is COc1ccc(N)cc1CNc1ccc(C#N)cc1F. The fourth-order valence-electron chi connectivity index (χ4n) is 1.86. The highest BCUT2D eigenvalue weighted by atomic mass is 19.1. The molecule has 0 aliphatic heterocycles. The summed E-state index contributed by atoms with van der Waals surface area (Å²) in [5, 5.41) is 11.7. The fourth-order valence-corrected chi connectivity index (χ4v) is 1.86. The molecule has 0 aliphatic carbocycles. The molecule has 0 aliphatic rings. The van der Waals surface area contributed by atoms with Gasteiger partial charge >= 0.3 is 0 Å². The number of nitrogens with two attached hydrogens (primary N) is 1. The summed E-state index contributed by atoms with van der Waals surface area (Å²) in [5.74, 6) is 0.215. The second kappa shape index (κ2) is 5.93. The molecular weight excluding hydrogens is 257 g/mol. The van der Waals surface area contributed by atoms with Crippen LogP contribution in [0.3, 0.4) is 0 Å². The Hall–Kier alpha value is -2.74. The highest BCUT2D eigenvalue weighted by Crippen LogP contribution is 2.23. The van der Waals surface area contributed by atoms with Crippen LogP contribution in [0.4, 0.5) is 15.8 Å². The first-order chi connectivity index (χ1) is 9.63. The first-order valence-corrected chi connectivity index (χ1v) is 6.00. The van der Waals surface area contributed by atoms with E-state index in [-0.39, 0.29) is 5.56 Å². The molecule has 2 rings (SSSR count). The van der Waals surface area contributed by atoms with Crippen LogP contribution in [0.15, 0.2) is 36.4 Å². The maximum Gasteiger partial charge on any atom is 0.147 e. The monoisotopic (exact) mass is 271 g/mol. The van der Waals surface area contributed by atoms with Gasteiger partial charge < -0.3 is 15.8 Å². The first kappa shape index (κ1) is 13.7. The number of methoxy groups -OCH3 is 1.